The van der Waals surface area contributed by atoms with Crippen molar-refractivity contribution in [3.63, 3.8) is 0 Å². The number of amides is 3. The third-order valence-corrected chi connectivity index (χ3v) is 4.07. The number of carbonyl (C=O) groups is 3. The molecule has 1 saturated heterocycles. The van der Waals surface area contributed by atoms with Gasteiger partial charge in [-0.2, -0.15) is 0 Å². The van der Waals surface area contributed by atoms with Crippen LogP contribution in [0.25, 0.3) is 11.5 Å². The summed E-state index contributed by atoms with van der Waals surface area (Å²) in [5.74, 6) is 0.0281. The Labute approximate surface area is 155 Å². The Kier molecular flexibility index (Phi) is 5.74. The summed E-state index contributed by atoms with van der Waals surface area (Å²) in [5, 5.41) is 6.20. The smallest absolute Gasteiger partial charge is 0.409 e. The Balaban J connectivity index is 1.45. The highest BCUT2D eigenvalue weighted by atomic mass is 16.6. The van der Waals surface area contributed by atoms with E-state index in [0.717, 1.165) is 0 Å². The van der Waals surface area contributed by atoms with Crippen LogP contribution in [0.4, 0.5) is 4.79 Å². The molecule has 10 heteroatoms. The molecule has 1 aliphatic heterocycles. The Morgan fingerprint density at radius 2 is 1.93 bits per heavy atom. The fourth-order valence-corrected chi connectivity index (χ4v) is 2.63. The van der Waals surface area contributed by atoms with Crippen molar-refractivity contribution in [2.45, 2.75) is 6.92 Å². The Morgan fingerprint density at radius 1 is 1.19 bits per heavy atom. The lowest BCUT2D eigenvalue weighted by atomic mass is 10.3. The maximum atomic E-state index is 12.2. The molecule has 2 aromatic heterocycles. The van der Waals surface area contributed by atoms with E-state index in [-0.39, 0.29) is 24.2 Å². The van der Waals surface area contributed by atoms with Crippen molar-refractivity contribution in [3.05, 3.63) is 30.2 Å². The molecule has 144 valence electrons. The third-order valence-electron chi connectivity index (χ3n) is 4.07. The largest absolute Gasteiger partial charge is 0.461 e. The number of rotatable bonds is 5. The molecule has 27 heavy (non-hydrogen) atoms. The van der Waals surface area contributed by atoms with E-state index in [1.54, 1.807) is 28.9 Å². The quantitative estimate of drug-likeness (QED) is 0.826. The molecule has 0 aromatic carbocycles. The molecule has 10 nitrogen and oxygen atoms in total. The number of furan rings is 1. The fourth-order valence-electron chi connectivity index (χ4n) is 2.63. The van der Waals surface area contributed by atoms with Gasteiger partial charge in [0.15, 0.2) is 11.5 Å². The predicted octanol–water partition coefficient (Wildman–Crippen LogP) is 0.965. The Morgan fingerprint density at radius 3 is 2.59 bits per heavy atom. The van der Waals surface area contributed by atoms with E-state index in [2.05, 4.69) is 10.5 Å². The zero-order chi connectivity index (χ0) is 19.2. The Bertz CT molecular complexity index is 792. The van der Waals surface area contributed by atoms with Crippen LogP contribution >= 0.6 is 0 Å². The molecule has 3 heterocycles. The maximum absolute atomic E-state index is 12.2. The SMILES string of the molecule is CCOC(=O)N1CCN(C(=O)CNC(=O)c2cc(-c3ccco3)on2)CC1. The number of nitrogens with one attached hydrogen (secondary N) is 1. The highest BCUT2D eigenvalue weighted by Crippen LogP contribution is 2.20. The lowest BCUT2D eigenvalue weighted by Gasteiger charge is -2.34. The Hall–Kier alpha value is -3.30. The highest BCUT2D eigenvalue weighted by Gasteiger charge is 2.25. The van der Waals surface area contributed by atoms with Gasteiger partial charge in [0.25, 0.3) is 5.91 Å². The predicted molar refractivity (Wildman–Crippen MR) is 91.7 cm³/mol. The van der Waals surface area contributed by atoms with Gasteiger partial charge in [-0.15, -0.1) is 0 Å². The fraction of sp³-hybridized carbons (Fsp3) is 0.412. The summed E-state index contributed by atoms with van der Waals surface area (Å²) in [5.41, 5.74) is 0.0568. The molecule has 2 aromatic rings. The van der Waals surface area contributed by atoms with Gasteiger partial charge >= 0.3 is 6.09 Å². The molecule has 0 unspecified atom stereocenters. The molecule has 0 aliphatic carbocycles. The standard InChI is InChI=1S/C17H20N4O6/c1-2-25-17(24)21-7-5-20(6-8-21)15(22)11-18-16(23)12-10-14(27-19-12)13-4-3-9-26-13/h3-4,9-10H,2,5-8,11H2,1H3,(H,18,23). The van der Waals surface area contributed by atoms with Crippen LogP contribution < -0.4 is 5.32 Å². The van der Waals surface area contributed by atoms with Crippen molar-refractivity contribution in [1.82, 2.24) is 20.3 Å². The van der Waals surface area contributed by atoms with Crippen LogP contribution in [0.1, 0.15) is 17.4 Å². The van der Waals surface area contributed by atoms with Gasteiger partial charge < -0.3 is 28.8 Å². The number of carbonyl (C=O) groups excluding carboxylic acids is 3. The van der Waals surface area contributed by atoms with Gasteiger partial charge in [0.2, 0.25) is 11.7 Å². The van der Waals surface area contributed by atoms with Gasteiger partial charge in [-0.25, -0.2) is 4.79 Å². The number of ether oxygens (including phenoxy) is 1. The summed E-state index contributed by atoms with van der Waals surface area (Å²) in [6.07, 6.45) is 1.11. The maximum Gasteiger partial charge on any atom is 0.409 e. The van der Waals surface area contributed by atoms with E-state index in [9.17, 15) is 14.4 Å². The van der Waals surface area contributed by atoms with E-state index in [1.807, 2.05) is 0 Å². The van der Waals surface area contributed by atoms with E-state index in [4.69, 9.17) is 13.7 Å². The summed E-state index contributed by atoms with van der Waals surface area (Å²) in [6.45, 7) is 3.46. The van der Waals surface area contributed by atoms with Gasteiger partial charge in [0.05, 0.1) is 19.4 Å². The first-order chi connectivity index (χ1) is 13.1. The van der Waals surface area contributed by atoms with Crippen molar-refractivity contribution in [3.8, 4) is 11.5 Å². The van der Waals surface area contributed by atoms with Gasteiger partial charge in [-0.1, -0.05) is 5.16 Å². The number of aromatic nitrogens is 1. The number of piperazine rings is 1. The first-order valence-electron chi connectivity index (χ1n) is 8.56. The van der Waals surface area contributed by atoms with Gasteiger partial charge in [0, 0.05) is 32.2 Å². The summed E-state index contributed by atoms with van der Waals surface area (Å²) in [6, 6.07) is 4.82. The molecule has 0 bridgehead atoms. The first-order valence-corrected chi connectivity index (χ1v) is 8.56. The average molecular weight is 376 g/mol. The molecule has 1 aliphatic rings. The molecule has 3 amide bonds. The van der Waals surface area contributed by atoms with Crippen molar-refractivity contribution in [2.75, 3.05) is 39.3 Å². The van der Waals surface area contributed by atoms with Crippen molar-refractivity contribution in [2.24, 2.45) is 0 Å². The summed E-state index contributed by atoms with van der Waals surface area (Å²) in [7, 11) is 0. The normalized spacial score (nSPS) is 14.1. The third kappa shape index (κ3) is 4.46. The topological polar surface area (TPSA) is 118 Å². The van der Waals surface area contributed by atoms with Crippen LogP contribution in [0.3, 0.4) is 0 Å². The minimum atomic E-state index is -0.518. The molecule has 1 fully saturated rings. The van der Waals surface area contributed by atoms with Gasteiger partial charge in [-0.3, -0.25) is 9.59 Å². The monoisotopic (exact) mass is 376 g/mol. The number of hydrogen-bond donors (Lipinski definition) is 1. The van der Waals surface area contributed by atoms with E-state index in [0.29, 0.717) is 44.3 Å². The van der Waals surface area contributed by atoms with Crippen LogP contribution in [-0.2, 0) is 9.53 Å². The average Bonchev–Trinajstić information content (AvgIpc) is 3.37. The van der Waals surface area contributed by atoms with Crippen molar-refractivity contribution < 1.29 is 28.1 Å². The van der Waals surface area contributed by atoms with Crippen LogP contribution in [0.15, 0.2) is 33.4 Å². The van der Waals surface area contributed by atoms with Crippen molar-refractivity contribution >= 4 is 17.9 Å². The zero-order valence-electron chi connectivity index (χ0n) is 14.8. The lowest BCUT2D eigenvalue weighted by Crippen LogP contribution is -2.52. The van der Waals surface area contributed by atoms with Gasteiger partial charge in [-0.05, 0) is 19.1 Å². The number of nitrogens with zero attached hydrogens (tertiary/aromatic N) is 3. The second kappa shape index (κ2) is 8.39. The van der Waals surface area contributed by atoms with Gasteiger partial charge in [0.1, 0.15) is 0 Å². The molecule has 0 spiro atoms. The molecule has 1 N–H and O–H groups in total. The molecular weight excluding hydrogens is 356 g/mol. The van der Waals surface area contributed by atoms with Crippen LogP contribution in [0.5, 0.6) is 0 Å². The summed E-state index contributed by atoms with van der Waals surface area (Å²) < 4.78 is 15.2. The minimum absolute atomic E-state index is 0.0568. The molecule has 0 saturated carbocycles. The molecular formula is C17H20N4O6. The van der Waals surface area contributed by atoms with Crippen molar-refractivity contribution in [1.29, 1.82) is 0 Å². The molecule has 0 radical (unpaired) electrons. The summed E-state index contributed by atoms with van der Waals surface area (Å²) >= 11 is 0. The number of hydrogen-bond acceptors (Lipinski definition) is 7. The molecule has 0 atom stereocenters. The second-order valence-corrected chi connectivity index (χ2v) is 5.80. The second-order valence-electron chi connectivity index (χ2n) is 5.80. The zero-order valence-corrected chi connectivity index (χ0v) is 14.8. The molecule has 3 rings (SSSR count). The van der Waals surface area contributed by atoms with E-state index >= 15 is 0 Å². The van der Waals surface area contributed by atoms with Crippen LogP contribution in [-0.4, -0.2) is 72.2 Å². The van der Waals surface area contributed by atoms with E-state index in [1.165, 1.54) is 12.3 Å². The lowest BCUT2D eigenvalue weighted by molar-refractivity contribution is -0.131. The summed E-state index contributed by atoms with van der Waals surface area (Å²) in [4.78, 5) is 39.2. The van der Waals surface area contributed by atoms with Crippen LogP contribution in [0, 0.1) is 0 Å². The van der Waals surface area contributed by atoms with Crippen LogP contribution in [0.2, 0.25) is 0 Å². The first kappa shape index (κ1) is 18.5. The highest BCUT2D eigenvalue weighted by molar-refractivity contribution is 5.95. The van der Waals surface area contributed by atoms with E-state index < -0.39 is 5.91 Å². The minimum Gasteiger partial charge on any atom is -0.461 e.